The highest BCUT2D eigenvalue weighted by Gasteiger charge is 2.25. The Labute approximate surface area is 128 Å². The molecule has 1 amide bonds. The van der Waals surface area contributed by atoms with E-state index in [-0.39, 0.29) is 16.5 Å². The fraction of sp³-hybridized carbons (Fsp3) is 0.188. The van der Waals surface area contributed by atoms with Crippen LogP contribution in [0.1, 0.15) is 6.92 Å². The number of alkyl halides is 1. The van der Waals surface area contributed by atoms with Gasteiger partial charge in [-0.1, -0.05) is 36.4 Å². The smallest absolute Gasteiger partial charge is 0.239 e. The first kappa shape index (κ1) is 14.9. The van der Waals surface area contributed by atoms with Crippen LogP contribution in [0.15, 0.2) is 65.6 Å². The molecule has 0 saturated heterocycles. The number of halogens is 1. The van der Waals surface area contributed by atoms with Crippen molar-refractivity contribution in [3.05, 3.63) is 60.7 Å². The van der Waals surface area contributed by atoms with Crippen LogP contribution in [-0.2, 0) is 4.79 Å². The molecule has 0 aliphatic rings. The van der Waals surface area contributed by atoms with Crippen LogP contribution in [0.2, 0.25) is 0 Å². The number of para-hydroxylation sites is 1. The van der Waals surface area contributed by atoms with Crippen LogP contribution in [0.25, 0.3) is 0 Å². The first-order valence-electron chi connectivity index (χ1n) is 6.38. The lowest BCUT2D eigenvalue weighted by Crippen LogP contribution is -2.31. The van der Waals surface area contributed by atoms with Gasteiger partial charge in [-0.05, 0) is 31.2 Å². The van der Waals surface area contributed by atoms with Crippen LogP contribution < -0.4 is 5.32 Å². The van der Waals surface area contributed by atoms with E-state index in [0.29, 0.717) is 0 Å². The molecule has 2 nitrogen and oxygen atoms in total. The number of carbonyl (C=O) groups excluding carboxylic acids is 1. The molecule has 4 heteroatoms. The number of hydrogen-bond donors (Lipinski definition) is 1. The summed E-state index contributed by atoms with van der Waals surface area (Å²) in [4.78, 5) is 13.4. The summed E-state index contributed by atoms with van der Waals surface area (Å²) in [5.41, 5.74) is 0.786. The Bertz CT molecular complexity index is 545. The molecule has 2 aromatic carbocycles. The summed E-state index contributed by atoms with van der Waals surface area (Å²) in [6.07, 6.45) is 0. The lowest BCUT2D eigenvalue weighted by molar-refractivity contribution is -0.115. The van der Waals surface area contributed by atoms with Crippen molar-refractivity contribution in [3.8, 4) is 0 Å². The van der Waals surface area contributed by atoms with Gasteiger partial charge in [-0.15, -0.1) is 23.4 Å². The van der Waals surface area contributed by atoms with E-state index in [1.807, 2.05) is 67.6 Å². The molecule has 0 aliphatic carbocycles. The lowest BCUT2D eigenvalue weighted by atomic mass is 10.2. The minimum Gasteiger partial charge on any atom is -0.325 e. The van der Waals surface area contributed by atoms with Crippen molar-refractivity contribution in [2.45, 2.75) is 22.4 Å². The van der Waals surface area contributed by atoms with E-state index in [4.69, 9.17) is 11.6 Å². The summed E-state index contributed by atoms with van der Waals surface area (Å²) in [5, 5.41) is 2.31. The highest BCUT2D eigenvalue weighted by atomic mass is 35.5. The van der Waals surface area contributed by atoms with Crippen molar-refractivity contribution in [1.82, 2.24) is 0 Å². The number of benzene rings is 2. The molecule has 0 spiro atoms. The van der Waals surface area contributed by atoms with E-state index < -0.39 is 0 Å². The zero-order valence-corrected chi connectivity index (χ0v) is 12.7. The maximum atomic E-state index is 12.3. The summed E-state index contributed by atoms with van der Waals surface area (Å²) >= 11 is 7.65. The standard InChI is InChI=1S/C16H16ClNOS/c1-12(17)15(20-14-10-6-3-7-11-14)16(19)18-13-8-4-2-5-9-13/h2-12,15H,1H3,(H,18,19). The van der Waals surface area contributed by atoms with Crippen LogP contribution in [0.5, 0.6) is 0 Å². The Morgan fingerprint density at radius 3 is 2.15 bits per heavy atom. The van der Waals surface area contributed by atoms with Gasteiger partial charge in [0.15, 0.2) is 0 Å². The van der Waals surface area contributed by atoms with Crippen molar-refractivity contribution in [2.75, 3.05) is 5.32 Å². The molecule has 2 rings (SSSR count). The Morgan fingerprint density at radius 2 is 1.60 bits per heavy atom. The molecule has 1 N–H and O–H groups in total. The molecular formula is C16H16ClNOS. The Hall–Kier alpha value is -1.45. The van der Waals surface area contributed by atoms with Crippen LogP contribution in [0.4, 0.5) is 5.69 Å². The second kappa shape index (κ2) is 7.36. The number of thioether (sulfide) groups is 1. The summed E-state index contributed by atoms with van der Waals surface area (Å²) in [6.45, 7) is 1.84. The Morgan fingerprint density at radius 1 is 1.05 bits per heavy atom. The van der Waals surface area contributed by atoms with Gasteiger partial charge in [0.05, 0.1) is 5.38 Å². The van der Waals surface area contributed by atoms with Crippen LogP contribution >= 0.6 is 23.4 Å². The van der Waals surface area contributed by atoms with Crippen molar-refractivity contribution in [1.29, 1.82) is 0 Å². The molecule has 0 bridgehead atoms. The topological polar surface area (TPSA) is 29.1 Å². The first-order chi connectivity index (χ1) is 9.66. The number of amides is 1. The lowest BCUT2D eigenvalue weighted by Gasteiger charge is -2.18. The SMILES string of the molecule is CC(Cl)C(Sc1ccccc1)C(=O)Nc1ccccc1. The van der Waals surface area contributed by atoms with Gasteiger partial charge in [-0.2, -0.15) is 0 Å². The second-order valence-corrected chi connectivity index (χ2v) is 6.29. The highest BCUT2D eigenvalue weighted by Crippen LogP contribution is 2.28. The summed E-state index contributed by atoms with van der Waals surface area (Å²) in [7, 11) is 0. The minimum absolute atomic E-state index is 0.0763. The van der Waals surface area contributed by atoms with Gasteiger partial charge in [0, 0.05) is 10.6 Å². The molecule has 0 radical (unpaired) electrons. The number of rotatable bonds is 5. The quantitative estimate of drug-likeness (QED) is 0.654. The molecule has 0 fully saturated rings. The predicted octanol–water partition coefficient (Wildman–Crippen LogP) is 4.41. The number of anilines is 1. The van der Waals surface area contributed by atoms with Crippen LogP contribution in [0.3, 0.4) is 0 Å². The van der Waals surface area contributed by atoms with E-state index in [1.165, 1.54) is 11.8 Å². The summed E-state index contributed by atoms with van der Waals surface area (Å²) < 4.78 is 0. The molecule has 2 unspecified atom stereocenters. The minimum atomic E-state index is -0.334. The highest BCUT2D eigenvalue weighted by molar-refractivity contribution is 8.00. The van der Waals surface area contributed by atoms with E-state index in [0.717, 1.165) is 10.6 Å². The van der Waals surface area contributed by atoms with Gasteiger partial charge in [-0.25, -0.2) is 0 Å². The number of nitrogens with one attached hydrogen (secondary N) is 1. The molecule has 2 atom stereocenters. The van der Waals surface area contributed by atoms with E-state index in [1.54, 1.807) is 0 Å². The van der Waals surface area contributed by atoms with Crippen molar-refractivity contribution >= 4 is 35.0 Å². The molecule has 2 aromatic rings. The average Bonchev–Trinajstić information content (AvgIpc) is 2.46. The normalized spacial score (nSPS) is 13.5. The summed E-state index contributed by atoms with van der Waals surface area (Å²) in [5.74, 6) is -0.0763. The third kappa shape index (κ3) is 4.29. The van der Waals surface area contributed by atoms with Gasteiger partial charge >= 0.3 is 0 Å². The first-order valence-corrected chi connectivity index (χ1v) is 7.70. The largest absolute Gasteiger partial charge is 0.325 e. The predicted molar refractivity (Wildman–Crippen MR) is 86.5 cm³/mol. The van der Waals surface area contributed by atoms with Crippen LogP contribution in [0, 0.1) is 0 Å². The third-order valence-electron chi connectivity index (χ3n) is 2.72. The van der Waals surface area contributed by atoms with Crippen molar-refractivity contribution in [2.24, 2.45) is 0 Å². The van der Waals surface area contributed by atoms with Gasteiger partial charge in [0.1, 0.15) is 5.25 Å². The van der Waals surface area contributed by atoms with Gasteiger partial charge < -0.3 is 5.32 Å². The molecule has 0 heterocycles. The average molecular weight is 306 g/mol. The third-order valence-corrected chi connectivity index (χ3v) is 4.55. The summed E-state index contributed by atoms with van der Waals surface area (Å²) in [6, 6.07) is 19.2. The van der Waals surface area contributed by atoms with E-state index in [2.05, 4.69) is 5.32 Å². The Kier molecular flexibility index (Phi) is 5.50. The van der Waals surface area contributed by atoms with E-state index >= 15 is 0 Å². The van der Waals surface area contributed by atoms with Crippen molar-refractivity contribution in [3.63, 3.8) is 0 Å². The number of hydrogen-bond acceptors (Lipinski definition) is 2. The van der Waals surface area contributed by atoms with Crippen molar-refractivity contribution < 1.29 is 4.79 Å². The molecule has 0 aromatic heterocycles. The van der Waals surface area contributed by atoms with Gasteiger partial charge in [0.2, 0.25) is 5.91 Å². The van der Waals surface area contributed by atoms with Gasteiger partial charge in [-0.3, -0.25) is 4.79 Å². The fourth-order valence-electron chi connectivity index (χ4n) is 1.74. The zero-order chi connectivity index (χ0) is 14.4. The Balaban J connectivity index is 2.07. The monoisotopic (exact) mass is 305 g/mol. The van der Waals surface area contributed by atoms with E-state index in [9.17, 15) is 4.79 Å². The zero-order valence-electron chi connectivity index (χ0n) is 11.1. The second-order valence-electron chi connectivity index (χ2n) is 4.38. The van der Waals surface area contributed by atoms with Crippen LogP contribution in [-0.4, -0.2) is 16.5 Å². The molecule has 20 heavy (non-hydrogen) atoms. The molecule has 0 saturated carbocycles. The maximum absolute atomic E-state index is 12.3. The number of carbonyl (C=O) groups is 1. The fourth-order valence-corrected chi connectivity index (χ4v) is 2.97. The molecular weight excluding hydrogens is 290 g/mol. The maximum Gasteiger partial charge on any atom is 0.239 e. The van der Waals surface area contributed by atoms with Gasteiger partial charge in [0.25, 0.3) is 0 Å². The molecule has 104 valence electrons. The molecule has 0 aliphatic heterocycles.